The van der Waals surface area contributed by atoms with Gasteiger partial charge in [0.2, 0.25) is 0 Å². The number of para-hydroxylation sites is 3. The fourth-order valence-electron chi connectivity index (χ4n) is 2.20. The van der Waals surface area contributed by atoms with Gasteiger partial charge < -0.3 is 4.98 Å². The molecule has 0 bridgehead atoms. The van der Waals surface area contributed by atoms with Crippen LogP contribution < -0.4 is 5.69 Å². The number of aromatic amines is 1. The molecule has 0 radical (unpaired) electrons. The van der Waals surface area contributed by atoms with Crippen LogP contribution in [-0.4, -0.2) is 9.55 Å². The number of hydrogen-bond donors (Lipinski definition) is 1. The fraction of sp³-hybridized carbons (Fsp3) is 0.0714. The predicted molar refractivity (Wildman–Crippen MR) is 68.9 cm³/mol. The number of nitrogens with zero attached hydrogens (tertiary/aromatic N) is 1. The van der Waals surface area contributed by atoms with E-state index in [9.17, 15) is 18.0 Å². The van der Waals surface area contributed by atoms with Crippen molar-refractivity contribution in [1.29, 1.82) is 0 Å². The molecule has 0 aliphatic carbocycles. The maximum absolute atomic E-state index is 13.0. The van der Waals surface area contributed by atoms with Gasteiger partial charge in [-0.05, 0) is 24.3 Å². The Kier molecular flexibility index (Phi) is 2.67. The Morgan fingerprint density at radius 2 is 1.60 bits per heavy atom. The number of aromatic nitrogens is 2. The zero-order valence-electron chi connectivity index (χ0n) is 10.1. The van der Waals surface area contributed by atoms with Gasteiger partial charge in [0.15, 0.2) is 0 Å². The molecular formula is C14H9F3N2O. The summed E-state index contributed by atoms with van der Waals surface area (Å²) in [6.45, 7) is 0. The van der Waals surface area contributed by atoms with Crippen molar-refractivity contribution in [2.45, 2.75) is 6.18 Å². The highest BCUT2D eigenvalue weighted by molar-refractivity contribution is 5.77. The molecule has 0 aliphatic rings. The summed E-state index contributed by atoms with van der Waals surface area (Å²) in [4.78, 5) is 14.5. The van der Waals surface area contributed by atoms with Crippen molar-refractivity contribution >= 4 is 11.0 Å². The highest BCUT2D eigenvalue weighted by Crippen LogP contribution is 2.34. The Morgan fingerprint density at radius 3 is 2.35 bits per heavy atom. The predicted octanol–water partition coefficient (Wildman–Crippen LogP) is 3.34. The molecule has 20 heavy (non-hydrogen) atoms. The largest absolute Gasteiger partial charge is 0.418 e. The molecule has 0 amide bonds. The second-order valence-electron chi connectivity index (χ2n) is 4.30. The summed E-state index contributed by atoms with van der Waals surface area (Å²) in [7, 11) is 0. The van der Waals surface area contributed by atoms with Crippen LogP contribution in [0.1, 0.15) is 5.56 Å². The monoisotopic (exact) mass is 278 g/mol. The van der Waals surface area contributed by atoms with Gasteiger partial charge in [-0.3, -0.25) is 4.57 Å². The first kappa shape index (κ1) is 12.5. The Labute approximate surface area is 111 Å². The van der Waals surface area contributed by atoms with Crippen molar-refractivity contribution in [2.75, 3.05) is 0 Å². The number of alkyl halides is 3. The van der Waals surface area contributed by atoms with Crippen LogP contribution in [0.2, 0.25) is 0 Å². The number of H-pyrrole nitrogens is 1. The maximum Gasteiger partial charge on any atom is 0.418 e. The van der Waals surface area contributed by atoms with E-state index in [1.165, 1.54) is 18.2 Å². The van der Waals surface area contributed by atoms with Gasteiger partial charge in [0.05, 0.1) is 22.3 Å². The third-order valence-electron chi connectivity index (χ3n) is 3.04. The SMILES string of the molecule is O=c1[nH]c2ccccc2n1-c1ccccc1C(F)(F)F. The molecule has 0 unspecified atom stereocenters. The molecule has 3 rings (SSSR count). The van der Waals surface area contributed by atoms with Crippen LogP contribution in [0.15, 0.2) is 53.3 Å². The van der Waals surface area contributed by atoms with Crippen molar-refractivity contribution in [3.8, 4) is 5.69 Å². The first-order valence-corrected chi connectivity index (χ1v) is 5.85. The van der Waals surface area contributed by atoms with E-state index >= 15 is 0 Å². The number of rotatable bonds is 1. The van der Waals surface area contributed by atoms with Crippen LogP contribution in [-0.2, 0) is 6.18 Å². The van der Waals surface area contributed by atoms with E-state index in [1.807, 2.05) is 0 Å². The highest BCUT2D eigenvalue weighted by Gasteiger charge is 2.34. The van der Waals surface area contributed by atoms with Crippen molar-refractivity contribution in [1.82, 2.24) is 9.55 Å². The van der Waals surface area contributed by atoms with Gasteiger partial charge >= 0.3 is 11.9 Å². The van der Waals surface area contributed by atoms with Crippen LogP contribution in [0.3, 0.4) is 0 Å². The molecule has 102 valence electrons. The molecule has 6 heteroatoms. The summed E-state index contributed by atoms with van der Waals surface area (Å²) in [5, 5.41) is 0. The molecule has 1 heterocycles. The lowest BCUT2D eigenvalue weighted by atomic mass is 10.1. The average Bonchev–Trinajstić information content (AvgIpc) is 2.73. The van der Waals surface area contributed by atoms with E-state index in [0.717, 1.165) is 10.6 Å². The molecule has 0 spiro atoms. The van der Waals surface area contributed by atoms with Crippen LogP contribution in [0.4, 0.5) is 13.2 Å². The number of fused-ring (bicyclic) bond motifs is 1. The number of nitrogens with one attached hydrogen (secondary N) is 1. The second-order valence-corrected chi connectivity index (χ2v) is 4.30. The van der Waals surface area contributed by atoms with Crippen LogP contribution in [0.5, 0.6) is 0 Å². The molecule has 1 N–H and O–H groups in total. The molecule has 1 aromatic heterocycles. The average molecular weight is 278 g/mol. The van der Waals surface area contributed by atoms with Crippen molar-refractivity contribution in [3.05, 3.63) is 64.6 Å². The van der Waals surface area contributed by atoms with E-state index in [1.54, 1.807) is 24.3 Å². The van der Waals surface area contributed by atoms with E-state index in [0.29, 0.717) is 11.0 Å². The lowest BCUT2D eigenvalue weighted by molar-refractivity contribution is -0.137. The van der Waals surface area contributed by atoms with Crippen molar-refractivity contribution < 1.29 is 13.2 Å². The van der Waals surface area contributed by atoms with Gasteiger partial charge in [0.1, 0.15) is 0 Å². The summed E-state index contributed by atoms with van der Waals surface area (Å²) < 4.78 is 40.2. The lowest BCUT2D eigenvalue weighted by Gasteiger charge is -2.13. The molecule has 0 aliphatic heterocycles. The highest BCUT2D eigenvalue weighted by atomic mass is 19.4. The van der Waals surface area contributed by atoms with Crippen LogP contribution in [0.25, 0.3) is 16.7 Å². The summed E-state index contributed by atoms with van der Waals surface area (Å²) >= 11 is 0. The molecule has 0 atom stereocenters. The quantitative estimate of drug-likeness (QED) is 0.728. The minimum absolute atomic E-state index is 0.178. The van der Waals surface area contributed by atoms with Crippen LogP contribution in [0, 0.1) is 0 Å². The summed E-state index contributed by atoms with van der Waals surface area (Å²) in [6.07, 6.45) is -4.52. The number of imidazole rings is 1. The Morgan fingerprint density at radius 1 is 0.950 bits per heavy atom. The Balaban J connectivity index is 2.38. The third-order valence-corrected chi connectivity index (χ3v) is 3.04. The van der Waals surface area contributed by atoms with Gasteiger partial charge in [-0.1, -0.05) is 24.3 Å². The van der Waals surface area contributed by atoms with Gasteiger partial charge in [0, 0.05) is 0 Å². The Bertz CT molecular complexity index is 830. The second kappa shape index (κ2) is 4.26. The van der Waals surface area contributed by atoms with Gasteiger partial charge in [-0.15, -0.1) is 0 Å². The van der Waals surface area contributed by atoms with Gasteiger partial charge in [-0.2, -0.15) is 13.2 Å². The van der Waals surface area contributed by atoms with Crippen molar-refractivity contribution in [3.63, 3.8) is 0 Å². The number of benzene rings is 2. The maximum atomic E-state index is 13.0. The summed E-state index contributed by atoms with van der Waals surface area (Å²) in [5.41, 5.74) is -0.708. The van der Waals surface area contributed by atoms with Crippen LogP contribution >= 0.6 is 0 Å². The number of hydrogen-bond acceptors (Lipinski definition) is 1. The zero-order chi connectivity index (χ0) is 14.3. The zero-order valence-corrected chi connectivity index (χ0v) is 10.1. The normalized spacial score (nSPS) is 11.9. The molecule has 0 fully saturated rings. The molecule has 3 aromatic rings. The fourth-order valence-corrected chi connectivity index (χ4v) is 2.20. The lowest BCUT2D eigenvalue weighted by Crippen LogP contribution is -2.19. The van der Waals surface area contributed by atoms with E-state index in [-0.39, 0.29) is 5.69 Å². The molecule has 0 saturated heterocycles. The van der Waals surface area contributed by atoms with E-state index in [4.69, 9.17) is 0 Å². The van der Waals surface area contributed by atoms with Crippen molar-refractivity contribution in [2.24, 2.45) is 0 Å². The van der Waals surface area contributed by atoms with Gasteiger partial charge in [0.25, 0.3) is 0 Å². The smallest absolute Gasteiger partial charge is 0.305 e. The molecule has 3 nitrogen and oxygen atoms in total. The van der Waals surface area contributed by atoms with Gasteiger partial charge in [-0.25, -0.2) is 4.79 Å². The van der Waals surface area contributed by atoms with E-state index in [2.05, 4.69) is 4.98 Å². The molecular weight excluding hydrogens is 269 g/mol. The first-order chi connectivity index (χ1) is 9.48. The molecule has 2 aromatic carbocycles. The summed E-state index contributed by atoms with van der Waals surface area (Å²) in [6, 6.07) is 11.6. The summed E-state index contributed by atoms with van der Waals surface area (Å²) in [5.74, 6) is 0. The standard InChI is InChI=1S/C14H9F3N2O/c15-14(16,17)9-5-1-3-7-11(9)19-12-8-4-2-6-10(12)18-13(19)20/h1-8H,(H,18,20). The first-order valence-electron chi connectivity index (χ1n) is 5.85. The number of halogens is 3. The van der Waals surface area contributed by atoms with E-state index < -0.39 is 17.4 Å². The molecule has 0 saturated carbocycles. The third kappa shape index (κ3) is 1.89. The minimum atomic E-state index is -4.52. The Hall–Kier alpha value is -2.50. The topological polar surface area (TPSA) is 37.8 Å². The minimum Gasteiger partial charge on any atom is -0.305 e.